The van der Waals surface area contributed by atoms with Crippen molar-refractivity contribution < 1.29 is 31.6 Å². The lowest BCUT2D eigenvalue weighted by atomic mass is 10.2. The molecular weight excluding hydrogens is 377 g/mol. The molecular formula is C12H26N3O8PS. The van der Waals surface area contributed by atoms with Gasteiger partial charge in [-0.25, -0.2) is 4.79 Å². The minimum atomic E-state index is -4.76. The van der Waals surface area contributed by atoms with E-state index in [4.69, 9.17) is 13.8 Å². The largest absolute Gasteiger partial charge is 0.449 e. The van der Waals surface area contributed by atoms with Gasteiger partial charge in [-0.05, 0) is 46.0 Å². The van der Waals surface area contributed by atoms with E-state index in [1.165, 1.54) is 27.7 Å². The van der Waals surface area contributed by atoms with Gasteiger partial charge in [0.25, 0.3) is 0 Å². The number of carbonyl (C=O) groups excluding carboxylic acids is 1. The molecule has 25 heavy (non-hydrogen) atoms. The lowest BCUT2D eigenvalue weighted by molar-refractivity contribution is 0.0382. The average molecular weight is 403 g/mol. The van der Waals surface area contributed by atoms with Crippen LogP contribution in [0.5, 0.6) is 0 Å². The third-order valence-corrected chi connectivity index (χ3v) is 7.16. The van der Waals surface area contributed by atoms with Crippen LogP contribution in [0.15, 0.2) is 5.29 Å². The summed E-state index contributed by atoms with van der Waals surface area (Å²) in [5.41, 5.74) is -1.05. The van der Waals surface area contributed by atoms with Gasteiger partial charge >= 0.3 is 23.9 Å². The Morgan fingerprint density at radius 1 is 1.20 bits per heavy atom. The van der Waals surface area contributed by atoms with Crippen molar-refractivity contribution in [2.24, 2.45) is 5.29 Å². The monoisotopic (exact) mass is 403 g/mol. The Bertz CT molecular complexity index is 608. The lowest BCUT2D eigenvalue weighted by Gasteiger charge is -2.31. The number of rotatable bonds is 9. The molecule has 0 N–H and O–H groups in total. The molecule has 0 aliphatic heterocycles. The smallest absolute Gasteiger partial charge is 0.442 e. The normalized spacial score (nSPS) is 14.2. The maximum Gasteiger partial charge on any atom is 0.449 e. The summed E-state index contributed by atoms with van der Waals surface area (Å²) in [6, 6.07) is 0. The minimum absolute atomic E-state index is 0.0111. The van der Waals surface area contributed by atoms with E-state index < -0.39 is 35.3 Å². The van der Waals surface area contributed by atoms with Crippen molar-refractivity contribution in [2.75, 3.05) is 20.3 Å². The third kappa shape index (κ3) is 6.30. The van der Waals surface area contributed by atoms with E-state index in [0.29, 0.717) is 4.31 Å². The van der Waals surface area contributed by atoms with Crippen LogP contribution in [-0.2, 0) is 28.6 Å². The Hall–Kier alpha value is -1.07. The van der Waals surface area contributed by atoms with Crippen LogP contribution in [0, 0.1) is 4.91 Å². The van der Waals surface area contributed by atoms with E-state index in [1.54, 1.807) is 13.8 Å². The fourth-order valence-corrected chi connectivity index (χ4v) is 4.86. The van der Waals surface area contributed by atoms with Gasteiger partial charge in [0.2, 0.25) is 0 Å². The second kappa shape index (κ2) is 9.04. The van der Waals surface area contributed by atoms with Gasteiger partial charge in [-0.15, -0.1) is 4.91 Å². The molecule has 0 saturated carbocycles. The van der Waals surface area contributed by atoms with E-state index in [1.807, 2.05) is 0 Å². The summed E-state index contributed by atoms with van der Waals surface area (Å²) in [5, 5.41) is 2.23. The Labute approximate surface area is 148 Å². The fraction of sp³-hybridized carbons (Fsp3) is 0.917. The molecule has 1 atom stereocenters. The molecule has 0 saturated heterocycles. The van der Waals surface area contributed by atoms with Crippen LogP contribution in [0.4, 0.5) is 4.79 Å². The first kappa shape index (κ1) is 23.9. The summed E-state index contributed by atoms with van der Waals surface area (Å²) in [5.74, 6) is -1.32. The molecule has 13 heteroatoms. The lowest BCUT2D eigenvalue weighted by Crippen LogP contribution is -2.47. The Morgan fingerprint density at radius 2 is 1.64 bits per heavy atom. The Kier molecular flexibility index (Phi) is 8.65. The molecule has 0 aromatic rings. The highest BCUT2D eigenvalue weighted by Crippen LogP contribution is 2.54. The summed E-state index contributed by atoms with van der Waals surface area (Å²) in [7, 11) is -7.60. The zero-order valence-electron chi connectivity index (χ0n) is 15.5. The number of amides is 1. The van der Waals surface area contributed by atoms with Gasteiger partial charge in [-0.2, -0.15) is 12.7 Å². The van der Waals surface area contributed by atoms with E-state index in [-0.39, 0.29) is 17.6 Å². The first-order chi connectivity index (χ1) is 11.3. The number of carbonyl (C=O) groups is 1. The number of hydrogen-bond acceptors (Lipinski definition) is 9. The number of nitroso groups, excluding NO2 is 1. The van der Waals surface area contributed by atoms with Crippen molar-refractivity contribution in [3.05, 3.63) is 4.91 Å². The molecule has 0 heterocycles. The van der Waals surface area contributed by atoms with Gasteiger partial charge < -0.3 is 13.8 Å². The molecule has 0 rings (SSSR count). The highest BCUT2D eigenvalue weighted by Gasteiger charge is 2.45. The van der Waals surface area contributed by atoms with Gasteiger partial charge in [0.05, 0.1) is 18.5 Å². The highest BCUT2D eigenvalue weighted by molar-refractivity contribution is 7.87. The summed E-state index contributed by atoms with van der Waals surface area (Å²) in [4.78, 5) is 22.9. The molecule has 0 radical (unpaired) electrons. The molecule has 148 valence electrons. The van der Waals surface area contributed by atoms with E-state index in [2.05, 4.69) is 5.29 Å². The Balaban J connectivity index is 5.69. The standard InChI is InChI=1S/C12H26N3O8PS/c1-8-21-24(18,22-9-2)10(3)14(7)25(19,20)15(13-17)11(16)23-12(4,5)6/h10H,8-9H2,1-7H3. The maximum atomic E-state index is 12.7. The predicted molar refractivity (Wildman–Crippen MR) is 90.9 cm³/mol. The van der Waals surface area contributed by atoms with Gasteiger partial charge in [-0.1, -0.05) is 0 Å². The first-order valence-electron chi connectivity index (χ1n) is 7.50. The van der Waals surface area contributed by atoms with Crippen LogP contribution in [-0.4, -0.2) is 54.9 Å². The molecule has 1 unspecified atom stereocenters. The molecule has 0 spiro atoms. The van der Waals surface area contributed by atoms with Crippen molar-refractivity contribution in [1.29, 1.82) is 0 Å². The summed E-state index contributed by atoms with van der Waals surface area (Å²) in [6.07, 6.45) is -1.48. The van der Waals surface area contributed by atoms with Crippen molar-refractivity contribution in [3.8, 4) is 0 Å². The summed E-state index contributed by atoms with van der Waals surface area (Å²) >= 11 is 0. The zero-order chi connectivity index (χ0) is 20.1. The fourth-order valence-electron chi connectivity index (χ4n) is 1.60. The first-order valence-corrected chi connectivity index (χ1v) is 10.5. The number of ether oxygens (including phenoxy) is 1. The molecule has 0 fully saturated rings. The van der Waals surface area contributed by atoms with Gasteiger partial charge in [0, 0.05) is 7.05 Å². The van der Waals surface area contributed by atoms with Crippen molar-refractivity contribution in [3.63, 3.8) is 0 Å². The molecule has 0 bridgehead atoms. The van der Waals surface area contributed by atoms with Crippen molar-refractivity contribution >= 4 is 23.9 Å². The molecule has 1 amide bonds. The minimum Gasteiger partial charge on any atom is -0.442 e. The van der Waals surface area contributed by atoms with Crippen LogP contribution in [0.3, 0.4) is 0 Å². The van der Waals surface area contributed by atoms with Crippen molar-refractivity contribution in [2.45, 2.75) is 52.9 Å². The topological polar surface area (TPSA) is 132 Å². The van der Waals surface area contributed by atoms with Gasteiger partial charge in [0.1, 0.15) is 11.4 Å². The van der Waals surface area contributed by atoms with E-state index in [0.717, 1.165) is 7.05 Å². The second-order valence-corrected chi connectivity index (χ2v) is 10.00. The quantitative estimate of drug-likeness (QED) is 0.326. The predicted octanol–water partition coefficient (Wildman–Crippen LogP) is 2.69. The van der Waals surface area contributed by atoms with E-state index >= 15 is 0 Å². The van der Waals surface area contributed by atoms with Crippen LogP contribution >= 0.6 is 7.60 Å². The highest BCUT2D eigenvalue weighted by atomic mass is 32.2. The SMILES string of the molecule is CCOP(=O)(OCC)C(C)N(C)S(=O)(=O)N(N=O)C(=O)OC(C)(C)C. The number of hydrogen-bond donors (Lipinski definition) is 0. The maximum absolute atomic E-state index is 12.7. The van der Waals surface area contributed by atoms with Gasteiger partial charge in [0.15, 0.2) is 0 Å². The molecule has 11 nitrogen and oxygen atoms in total. The van der Waals surface area contributed by atoms with Crippen molar-refractivity contribution in [1.82, 2.24) is 8.72 Å². The second-order valence-electron chi connectivity index (χ2n) is 5.84. The summed E-state index contributed by atoms with van der Waals surface area (Å²) in [6.45, 7) is 8.89. The number of nitrogens with zero attached hydrogens (tertiary/aromatic N) is 3. The van der Waals surface area contributed by atoms with Crippen LogP contribution in [0.2, 0.25) is 0 Å². The average Bonchev–Trinajstić information content (AvgIpc) is 2.44. The molecule has 0 aliphatic carbocycles. The molecule has 0 aliphatic rings. The summed E-state index contributed by atoms with van der Waals surface area (Å²) < 4.78 is 52.9. The van der Waals surface area contributed by atoms with Crippen LogP contribution in [0.1, 0.15) is 41.5 Å². The zero-order valence-corrected chi connectivity index (χ0v) is 17.2. The Morgan fingerprint density at radius 3 is 1.96 bits per heavy atom. The molecule has 0 aromatic heterocycles. The van der Waals surface area contributed by atoms with Gasteiger partial charge in [-0.3, -0.25) is 4.57 Å². The van der Waals surface area contributed by atoms with Crippen LogP contribution < -0.4 is 0 Å². The third-order valence-electron chi connectivity index (χ3n) is 2.81. The molecule has 0 aromatic carbocycles. The van der Waals surface area contributed by atoms with Crippen LogP contribution in [0.25, 0.3) is 0 Å². The van der Waals surface area contributed by atoms with E-state index in [9.17, 15) is 22.7 Å².